The number of nitrogens with zero attached hydrogens (tertiary/aromatic N) is 3. The fourth-order valence-corrected chi connectivity index (χ4v) is 5.93. The molecule has 2 aliphatic rings. The van der Waals surface area contributed by atoms with Crippen LogP contribution in [0, 0.1) is 0 Å². The van der Waals surface area contributed by atoms with Gasteiger partial charge < -0.3 is 19.4 Å². The van der Waals surface area contributed by atoms with E-state index in [1.165, 1.54) is 0 Å². The fourth-order valence-electron chi connectivity index (χ4n) is 5.67. The molecule has 0 N–H and O–H groups in total. The minimum atomic E-state index is -0.406. The van der Waals surface area contributed by atoms with E-state index in [9.17, 15) is 14.4 Å². The van der Waals surface area contributed by atoms with E-state index in [-0.39, 0.29) is 37.3 Å². The summed E-state index contributed by atoms with van der Waals surface area (Å²) in [5.74, 6) is -0.886. The van der Waals surface area contributed by atoms with Gasteiger partial charge in [0.15, 0.2) is 0 Å². The number of hydrogen-bond acceptors (Lipinski definition) is 5. The zero-order chi connectivity index (χ0) is 28.9. The fraction of sp³-hybridized carbons (Fsp3) is 0.303. The average molecular weight is 572 g/mol. The lowest BCUT2D eigenvalue weighted by Gasteiger charge is -2.36. The number of allylic oxidation sites excluding steroid dienone is 1. The van der Waals surface area contributed by atoms with Gasteiger partial charge >= 0.3 is 5.97 Å². The van der Waals surface area contributed by atoms with Crippen LogP contribution in [0.3, 0.4) is 0 Å². The summed E-state index contributed by atoms with van der Waals surface area (Å²) in [5.41, 5.74) is 4.37. The van der Waals surface area contributed by atoms with Crippen LogP contribution in [-0.2, 0) is 20.9 Å². The lowest BCUT2D eigenvalue weighted by atomic mass is 9.83. The van der Waals surface area contributed by atoms with Crippen molar-refractivity contribution in [1.82, 2.24) is 9.80 Å². The van der Waals surface area contributed by atoms with E-state index in [4.69, 9.17) is 16.3 Å². The number of hydrogen-bond donors (Lipinski definition) is 0. The monoisotopic (exact) mass is 571 g/mol. The Morgan fingerprint density at radius 1 is 0.927 bits per heavy atom. The first-order valence-electron chi connectivity index (χ1n) is 14.0. The van der Waals surface area contributed by atoms with Gasteiger partial charge in [0.1, 0.15) is 0 Å². The normalized spacial score (nSPS) is 17.6. The Morgan fingerprint density at radius 3 is 2.34 bits per heavy atom. The summed E-state index contributed by atoms with van der Waals surface area (Å²) in [6.07, 6.45) is 0.170. The van der Waals surface area contributed by atoms with Crippen molar-refractivity contribution >= 4 is 35.1 Å². The Bertz CT molecular complexity index is 1460. The Kier molecular flexibility index (Phi) is 8.74. The molecule has 3 aromatic rings. The van der Waals surface area contributed by atoms with E-state index in [2.05, 4.69) is 4.90 Å². The number of amides is 2. The molecule has 8 heteroatoms. The molecule has 1 unspecified atom stereocenters. The minimum absolute atomic E-state index is 0.0424. The molecule has 41 heavy (non-hydrogen) atoms. The number of piperazine rings is 1. The van der Waals surface area contributed by atoms with E-state index < -0.39 is 5.97 Å². The number of anilines is 1. The topological polar surface area (TPSA) is 70.2 Å². The van der Waals surface area contributed by atoms with Crippen LogP contribution in [0.1, 0.15) is 47.7 Å². The summed E-state index contributed by atoms with van der Waals surface area (Å²) in [6, 6.07) is 24.7. The van der Waals surface area contributed by atoms with Gasteiger partial charge in [-0.3, -0.25) is 9.59 Å². The van der Waals surface area contributed by atoms with Gasteiger partial charge in [-0.05, 0) is 49.2 Å². The average Bonchev–Trinajstić information content (AvgIpc) is 2.99. The lowest BCUT2D eigenvalue weighted by Crippen LogP contribution is -2.48. The van der Waals surface area contributed by atoms with Crippen molar-refractivity contribution in [1.29, 1.82) is 0 Å². The molecular weight excluding hydrogens is 538 g/mol. The van der Waals surface area contributed by atoms with Gasteiger partial charge in [0, 0.05) is 49.8 Å². The van der Waals surface area contributed by atoms with Crippen molar-refractivity contribution in [2.24, 2.45) is 0 Å². The second kappa shape index (κ2) is 12.6. The van der Waals surface area contributed by atoms with Crippen molar-refractivity contribution < 1.29 is 19.1 Å². The van der Waals surface area contributed by atoms with E-state index in [1.54, 1.807) is 18.7 Å². The minimum Gasteiger partial charge on any atom is -0.463 e. The molecule has 1 fully saturated rings. The summed E-state index contributed by atoms with van der Waals surface area (Å²) in [4.78, 5) is 45.6. The molecule has 2 aliphatic heterocycles. The summed E-state index contributed by atoms with van der Waals surface area (Å²) in [5, 5.41) is 0.706. The first-order valence-corrected chi connectivity index (χ1v) is 14.4. The molecule has 1 saturated heterocycles. The van der Waals surface area contributed by atoms with Gasteiger partial charge in [-0.25, -0.2) is 4.79 Å². The highest BCUT2D eigenvalue weighted by molar-refractivity contribution is 6.33. The molecule has 0 saturated carbocycles. The van der Waals surface area contributed by atoms with Gasteiger partial charge in [-0.15, -0.1) is 0 Å². The van der Waals surface area contributed by atoms with E-state index in [0.717, 1.165) is 16.8 Å². The number of esters is 1. The lowest BCUT2D eigenvalue weighted by molar-refractivity contribution is -0.140. The van der Waals surface area contributed by atoms with Crippen molar-refractivity contribution in [3.63, 3.8) is 0 Å². The Balaban J connectivity index is 1.33. The van der Waals surface area contributed by atoms with Gasteiger partial charge in [0.2, 0.25) is 5.91 Å². The maximum absolute atomic E-state index is 13.4. The molecule has 3 aromatic carbocycles. The SMILES string of the molecule is CCOC(=O)C1=C(C)N(Cc2cccc(C(=O)N3CCN(c4ccccc4Cl)CC3)c2)C(=O)CC1c1ccccc1. The molecular formula is C33H34ClN3O4. The molecule has 0 radical (unpaired) electrons. The smallest absolute Gasteiger partial charge is 0.336 e. The highest BCUT2D eigenvalue weighted by atomic mass is 35.5. The molecule has 2 heterocycles. The number of carbonyl (C=O) groups is 3. The molecule has 0 spiro atoms. The van der Waals surface area contributed by atoms with Gasteiger partial charge in [0.05, 0.1) is 29.4 Å². The van der Waals surface area contributed by atoms with Crippen molar-refractivity contribution in [2.75, 3.05) is 37.7 Å². The van der Waals surface area contributed by atoms with Crippen molar-refractivity contribution in [3.05, 3.63) is 112 Å². The number of ether oxygens (including phenoxy) is 1. The Labute approximate surface area is 245 Å². The van der Waals surface area contributed by atoms with Crippen LogP contribution in [0.2, 0.25) is 5.02 Å². The quantitative estimate of drug-likeness (QED) is 0.343. The van der Waals surface area contributed by atoms with Crippen LogP contribution in [0.25, 0.3) is 0 Å². The first-order chi connectivity index (χ1) is 19.9. The van der Waals surface area contributed by atoms with E-state index in [1.807, 2.05) is 83.8 Å². The number of halogens is 1. The predicted octanol–water partition coefficient (Wildman–Crippen LogP) is 5.66. The van der Waals surface area contributed by atoms with E-state index in [0.29, 0.717) is 48.0 Å². The van der Waals surface area contributed by atoms with Gasteiger partial charge in [0.25, 0.3) is 5.91 Å². The number of carbonyl (C=O) groups excluding carboxylic acids is 3. The maximum atomic E-state index is 13.4. The predicted molar refractivity (Wildman–Crippen MR) is 160 cm³/mol. The molecule has 0 aromatic heterocycles. The molecule has 5 rings (SSSR count). The number of benzene rings is 3. The second-order valence-electron chi connectivity index (χ2n) is 10.3. The molecule has 1 atom stereocenters. The third-order valence-electron chi connectivity index (χ3n) is 7.79. The summed E-state index contributed by atoms with van der Waals surface area (Å²) < 4.78 is 5.40. The third-order valence-corrected chi connectivity index (χ3v) is 8.11. The van der Waals surface area contributed by atoms with Crippen LogP contribution in [0.4, 0.5) is 5.69 Å². The zero-order valence-electron chi connectivity index (χ0n) is 23.4. The zero-order valence-corrected chi connectivity index (χ0v) is 24.1. The van der Waals surface area contributed by atoms with Crippen LogP contribution in [0.15, 0.2) is 90.1 Å². The van der Waals surface area contributed by atoms with Gasteiger partial charge in [-0.2, -0.15) is 0 Å². The Morgan fingerprint density at radius 2 is 1.63 bits per heavy atom. The standard InChI is InChI=1S/C33H34ClN3O4/c1-3-41-33(40)31-23(2)37(30(38)21-27(31)25-11-5-4-6-12-25)22-24-10-9-13-26(20-24)32(39)36-18-16-35(17-19-36)29-15-8-7-14-28(29)34/h4-15,20,27H,3,16-19,21-22H2,1-2H3. The summed E-state index contributed by atoms with van der Waals surface area (Å²) in [6.45, 7) is 6.65. The summed E-state index contributed by atoms with van der Waals surface area (Å²) >= 11 is 6.37. The number of para-hydroxylation sites is 1. The van der Waals surface area contributed by atoms with Crippen molar-refractivity contribution in [2.45, 2.75) is 32.7 Å². The highest BCUT2D eigenvalue weighted by Gasteiger charge is 2.37. The molecule has 0 bridgehead atoms. The van der Waals surface area contributed by atoms with Crippen molar-refractivity contribution in [3.8, 4) is 0 Å². The number of rotatable bonds is 7. The second-order valence-corrected chi connectivity index (χ2v) is 10.7. The van der Waals surface area contributed by atoms with Crippen LogP contribution in [0.5, 0.6) is 0 Å². The maximum Gasteiger partial charge on any atom is 0.336 e. The van der Waals surface area contributed by atoms with E-state index >= 15 is 0 Å². The molecule has 2 amide bonds. The highest BCUT2D eigenvalue weighted by Crippen LogP contribution is 2.37. The summed E-state index contributed by atoms with van der Waals surface area (Å²) in [7, 11) is 0. The Hall–Kier alpha value is -4.10. The molecule has 7 nitrogen and oxygen atoms in total. The van der Waals surface area contributed by atoms with Crippen LogP contribution >= 0.6 is 11.6 Å². The van der Waals surface area contributed by atoms with Gasteiger partial charge in [-0.1, -0.05) is 66.2 Å². The molecule has 0 aliphatic carbocycles. The first kappa shape index (κ1) is 28.4. The largest absolute Gasteiger partial charge is 0.463 e. The van der Waals surface area contributed by atoms with Crippen LogP contribution < -0.4 is 4.90 Å². The third kappa shape index (κ3) is 6.15. The van der Waals surface area contributed by atoms with Crippen LogP contribution in [-0.4, -0.2) is 60.4 Å². The molecule has 212 valence electrons.